The van der Waals surface area contributed by atoms with Gasteiger partial charge < -0.3 is 5.11 Å². The molecule has 0 saturated carbocycles. The number of hydrogen-bond donors (Lipinski definition) is 1. The van der Waals surface area contributed by atoms with Crippen molar-refractivity contribution in [3.8, 4) is 6.07 Å². The second-order valence-corrected chi connectivity index (χ2v) is 7.67. The van der Waals surface area contributed by atoms with Gasteiger partial charge in [0.2, 0.25) is 0 Å². The number of rotatable bonds is 4. The minimum Gasteiger partial charge on any atom is -0.390 e. The molecule has 0 spiro atoms. The van der Waals surface area contributed by atoms with Crippen LogP contribution in [0, 0.1) is 16.7 Å². The molecule has 0 aromatic heterocycles. The SMILES string of the molecule is CC(C)(C)[C@@H](O)[C@@H](C#N)N(Cc1ccccc1)C(C)(C)C. The first kappa shape index (κ1) is 17.7. The Balaban J connectivity index is 3.10. The molecule has 116 valence electrons. The second-order valence-electron chi connectivity index (χ2n) is 7.67. The van der Waals surface area contributed by atoms with E-state index in [-0.39, 0.29) is 11.0 Å². The molecule has 1 aromatic rings. The van der Waals surface area contributed by atoms with E-state index in [1.807, 2.05) is 39.0 Å². The molecular formula is C18H28N2O. The molecule has 1 rings (SSSR count). The van der Waals surface area contributed by atoms with E-state index < -0.39 is 12.1 Å². The van der Waals surface area contributed by atoms with Crippen molar-refractivity contribution < 1.29 is 5.11 Å². The monoisotopic (exact) mass is 288 g/mol. The van der Waals surface area contributed by atoms with E-state index in [0.29, 0.717) is 6.54 Å². The second kappa shape index (κ2) is 6.60. The lowest BCUT2D eigenvalue weighted by Crippen LogP contribution is -2.54. The molecular weight excluding hydrogens is 260 g/mol. The molecule has 0 radical (unpaired) electrons. The van der Waals surface area contributed by atoms with E-state index in [4.69, 9.17) is 0 Å². The van der Waals surface area contributed by atoms with Crippen LogP contribution in [0.5, 0.6) is 0 Å². The summed E-state index contributed by atoms with van der Waals surface area (Å²) in [4.78, 5) is 2.08. The highest BCUT2D eigenvalue weighted by atomic mass is 16.3. The summed E-state index contributed by atoms with van der Waals surface area (Å²) in [5.74, 6) is 0. The summed E-state index contributed by atoms with van der Waals surface area (Å²) in [6.45, 7) is 12.8. The molecule has 0 aliphatic carbocycles. The predicted molar refractivity (Wildman–Crippen MR) is 86.6 cm³/mol. The molecule has 1 aromatic carbocycles. The lowest BCUT2D eigenvalue weighted by Gasteiger charge is -2.43. The summed E-state index contributed by atoms with van der Waals surface area (Å²) < 4.78 is 0. The van der Waals surface area contributed by atoms with Crippen LogP contribution in [0.15, 0.2) is 30.3 Å². The molecule has 1 N–H and O–H groups in total. The van der Waals surface area contributed by atoms with Crippen LogP contribution in [0.1, 0.15) is 47.1 Å². The normalized spacial score (nSPS) is 15.6. The van der Waals surface area contributed by atoms with Gasteiger partial charge in [-0.3, -0.25) is 4.90 Å². The number of benzene rings is 1. The van der Waals surface area contributed by atoms with Gasteiger partial charge in [0.25, 0.3) is 0 Å². The highest BCUT2D eigenvalue weighted by Crippen LogP contribution is 2.29. The minimum absolute atomic E-state index is 0.206. The van der Waals surface area contributed by atoms with Crippen molar-refractivity contribution in [3.63, 3.8) is 0 Å². The first-order valence-corrected chi connectivity index (χ1v) is 7.45. The van der Waals surface area contributed by atoms with E-state index in [1.54, 1.807) is 0 Å². The van der Waals surface area contributed by atoms with Crippen LogP contribution in [0.2, 0.25) is 0 Å². The fourth-order valence-electron chi connectivity index (χ4n) is 2.32. The Morgan fingerprint density at radius 2 is 1.62 bits per heavy atom. The van der Waals surface area contributed by atoms with Gasteiger partial charge in [-0.25, -0.2) is 0 Å². The lowest BCUT2D eigenvalue weighted by molar-refractivity contribution is -0.0320. The summed E-state index contributed by atoms with van der Waals surface area (Å²) in [5, 5.41) is 20.2. The van der Waals surface area contributed by atoms with Crippen molar-refractivity contribution in [2.75, 3.05) is 0 Å². The summed E-state index contributed by atoms with van der Waals surface area (Å²) in [6.07, 6.45) is -0.703. The van der Waals surface area contributed by atoms with Crippen molar-refractivity contribution >= 4 is 0 Å². The smallest absolute Gasteiger partial charge is 0.125 e. The predicted octanol–water partition coefficient (Wildman–Crippen LogP) is 3.59. The molecule has 0 aliphatic rings. The third-order valence-corrected chi connectivity index (χ3v) is 3.71. The standard InChI is InChI=1S/C18H28N2O/c1-17(2,3)16(21)15(12-19)20(18(4,5)6)13-14-10-8-7-9-11-14/h7-11,15-16,21H,13H2,1-6H3/t15-,16+/m1/s1. The average Bonchev–Trinajstić information content (AvgIpc) is 2.37. The zero-order valence-electron chi connectivity index (χ0n) is 14.1. The highest BCUT2D eigenvalue weighted by Gasteiger charge is 2.38. The quantitative estimate of drug-likeness (QED) is 0.921. The van der Waals surface area contributed by atoms with Crippen LogP contribution in [0.25, 0.3) is 0 Å². The Morgan fingerprint density at radius 1 is 1.10 bits per heavy atom. The van der Waals surface area contributed by atoms with E-state index in [9.17, 15) is 10.4 Å². The van der Waals surface area contributed by atoms with Gasteiger partial charge in [-0.2, -0.15) is 5.26 Å². The highest BCUT2D eigenvalue weighted by molar-refractivity contribution is 5.16. The van der Waals surface area contributed by atoms with Crippen LogP contribution < -0.4 is 0 Å². The summed E-state index contributed by atoms with van der Waals surface area (Å²) in [7, 11) is 0. The summed E-state index contributed by atoms with van der Waals surface area (Å²) in [6, 6.07) is 11.9. The zero-order chi connectivity index (χ0) is 16.3. The minimum atomic E-state index is -0.703. The molecule has 0 heterocycles. The van der Waals surface area contributed by atoms with Gasteiger partial charge in [0.1, 0.15) is 6.04 Å². The molecule has 21 heavy (non-hydrogen) atoms. The summed E-state index contributed by atoms with van der Waals surface area (Å²) in [5.41, 5.74) is 0.608. The maximum atomic E-state index is 10.6. The maximum absolute atomic E-state index is 10.6. The maximum Gasteiger partial charge on any atom is 0.125 e. The molecule has 0 amide bonds. The number of aliphatic hydroxyl groups is 1. The van der Waals surface area contributed by atoms with Crippen molar-refractivity contribution in [1.29, 1.82) is 5.26 Å². The van der Waals surface area contributed by atoms with Gasteiger partial charge in [-0.1, -0.05) is 51.1 Å². The topological polar surface area (TPSA) is 47.3 Å². The van der Waals surface area contributed by atoms with Crippen molar-refractivity contribution in [3.05, 3.63) is 35.9 Å². The van der Waals surface area contributed by atoms with Gasteiger partial charge in [0.15, 0.2) is 0 Å². The van der Waals surface area contributed by atoms with Crippen LogP contribution in [0.3, 0.4) is 0 Å². The van der Waals surface area contributed by atoms with Gasteiger partial charge in [-0.15, -0.1) is 0 Å². The molecule has 0 bridgehead atoms. The Kier molecular flexibility index (Phi) is 5.55. The van der Waals surface area contributed by atoms with E-state index >= 15 is 0 Å². The van der Waals surface area contributed by atoms with Crippen molar-refractivity contribution in [2.24, 2.45) is 5.41 Å². The Bertz CT molecular complexity index is 477. The lowest BCUT2D eigenvalue weighted by atomic mass is 9.83. The van der Waals surface area contributed by atoms with E-state index in [2.05, 4.69) is 43.9 Å². The fourth-order valence-corrected chi connectivity index (χ4v) is 2.32. The van der Waals surface area contributed by atoms with E-state index in [0.717, 1.165) is 5.56 Å². The molecule has 2 atom stereocenters. The fraction of sp³-hybridized carbons (Fsp3) is 0.611. The Labute approximate surface area is 129 Å². The third kappa shape index (κ3) is 4.84. The number of aliphatic hydroxyl groups excluding tert-OH is 1. The Hall–Kier alpha value is -1.37. The summed E-state index contributed by atoms with van der Waals surface area (Å²) >= 11 is 0. The molecule has 3 nitrogen and oxygen atoms in total. The van der Waals surface area contributed by atoms with E-state index in [1.165, 1.54) is 0 Å². The van der Waals surface area contributed by atoms with Crippen LogP contribution in [0.4, 0.5) is 0 Å². The number of nitriles is 1. The third-order valence-electron chi connectivity index (χ3n) is 3.71. The Morgan fingerprint density at radius 3 is 2.00 bits per heavy atom. The van der Waals surface area contributed by atoms with Crippen molar-refractivity contribution in [2.45, 2.75) is 65.8 Å². The van der Waals surface area contributed by atoms with Gasteiger partial charge >= 0.3 is 0 Å². The van der Waals surface area contributed by atoms with Crippen molar-refractivity contribution in [1.82, 2.24) is 4.90 Å². The number of nitrogens with zero attached hydrogens (tertiary/aromatic N) is 2. The molecule has 3 heteroatoms. The first-order chi connectivity index (χ1) is 9.57. The molecule has 0 aliphatic heterocycles. The first-order valence-electron chi connectivity index (χ1n) is 7.45. The van der Waals surface area contributed by atoms with Gasteiger partial charge in [-0.05, 0) is 31.7 Å². The van der Waals surface area contributed by atoms with Crippen LogP contribution in [-0.2, 0) is 6.54 Å². The van der Waals surface area contributed by atoms with Crippen LogP contribution >= 0.6 is 0 Å². The van der Waals surface area contributed by atoms with Crippen LogP contribution in [-0.4, -0.2) is 27.7 Å². The zero-order valence-corrected chi connectivity index (χ0v) is 14.1. The van der Waals surface area contributed by atoms with Gasteiger partial charge in [0.05, 0.1) is 12.2 Å². The molecule has 0 saturated heterocycles. The number of hydrogen-bond acceptors (Lipinski definition) is 3. The van der Waals surface area contributed by atoms with Gasteiger partial charge in [0, 0.05) is 12.1 Å². The average molecular weight is 288 g/mol. The largest absolute Gasteiger partial charge is 0.390 e. The molecule has 0 unspecified atom stereocenters. The molecule has 0 fully saturated rings.